The molecule has 1 rings (SSSR count). The summed E-state index contributed by atoms with van der Waals surface area (Å²) in [5.41, 5.74) is -1.81. The highest BCUT2D eigenvalue weighted by atomic mass is 32.2. The van der Waals surface area contributed by atoms with Crippen molar-refractivity contribution in [3.63, 3.8) is 0 Å². The van der Waals surface area contributed by atoms with Crippen molar-refractivity contribution < 1.29 is 35.3 Å². The summed E-state index contributed by atoms with van der Waals surface area (Å²) < 4.78 is 75.0. The number of halogens is 3. The minimum absolute atomic E-state index is 0.220. The van der Waals surface area contributed by atoms with Crippen molar-refractivity contribution in [3.8, 4) is 5.75 Å². The number of alkyl halides is 3. The molecule has 0 aliphatic rings. The van der Waals surface area contributed by atoms with Gasteiger partial charge in [-0.2, -0.15) is 21.6 Å². The number of methoxy groups -OCH3 is 2. The SMILES string of the molecule is COCCS(=O)(=O)O/N=C(/c1ccc(OC)cc1)C(F)(F)F. The molecular weight excluding hydrogens is 327 g/mol. The Bertz CT molecular complexity index is 611. The lowest BCUT2D eigenvalue weighted by Crippen LogP contribution is -2.25. The molecule has 124 valence electrons. The van der Waals surface area contributed by atoms with Gasteiger partial charge in [0, 0.05) is 12.7 Å². The third kappa shape index (κ3) is 5.53. The summed E-state index contributed by atoms with van der Waals surface area (Å²) in [5.74, 6) is -0.264. The summed E-state index contributed by atoms with van der Waals surface area (Å²) >= 11 is 0. The highest BCUT2D eigenvalue weighted by molar-refractivity contribution is 7.86. The fraction of sp³-hybridized carbons (Fsp3) is 0.417. The first-order valence-electron chi connectivity index (χ1n) is 5.89. The van der Waals surface area contributed by atoms with E-state index in [1.807, 2.05) is 0 Å². The van der Waals surface area contributed by atoms with Crippen LogP contribution in [0.4, 0.5) is 13.2 Å². The third-order valence-electron chi connectivity index (χ3n) is 2.41. The summed E-state index contributed by atoms with van der Waals surface area (Å²) in [4.78, 5) is 0. The van der Waals surface area contributed by atoms with E-state index in [0.717, 1.165) is 12.1 Å². The minimum Gasteiger partial charge on any atom is -0.497 e. The van der Waals surface area contributed by atoms with E-state index in [2.05, 4.69) is 14.2 Å². The molecule has 0 amide bonds. The third-order valence-corrected chi connectivity index (χ3v) is 3.38. The van der Waals surface area contributed by atoms with Crippen molar-refractivity contribution in [2.75, 3.05) is 26.6 Å². The van der Waals surface area contributed by atoms with Gasteiger partial charge in [-0.3, -0.25) is 4.28 Å². The lowest BCUT2D eigenvalue weighted by atomic mass is 10.1. The number of hydrogen-bond acceptors (Lipinski definition) is 6. The quantitative estimate of drug-likeness (QED) is 0.560. The highest BCUT2D eigenvalue weighted by Gasteiger charge is 2.38. The molecule has 0 saturated heterocycles. The number of nitrogens with zero attached hydrogens (tertiary/aromatic N) is 1. The maximum Gasteiger partial charge on any atom is 0.437 e. The van der Waals surface area contributed by atoms with Crippen LogP contribution in [-0.2, 0) is 19.1 Å². The predicted octanol–water partition coefficient (Wildman–Crippen LogP) is 1.95. The minimum atomic E-state index is -4.88. The van der Waals surface area contributed by atoms with Crippen LogP contribution in [0.15, 0.2) is 29.4 Å². The molecule has 0 fully saturated rings. The summed E-state index contributed by atoms with van der Waals surface area (Å²) in [5, 5.41) is 2.75. The zero-order chi connectivity index (χ0) is 16.8. The number of oxime groups is 1. The molecule has 0 radical (unpaired) electrons. The summed E-state index contributed by atoms with van der Waals surface area (Å²) in [7, 11) is -1.65. The van der Waals surface area contributed by atoms with Crippen molar-refractivity contribution in [2.24, 2.45) is 5.16 Å². The van der Waals surface area contributed by atoms with E-state index in [1.54, 1.807) is 0 Å². The first kappa shape index (κ1) is 18.2. The molecule has 0 N–H and O–H groups in total. The van der Waals surface area contributed by atoms with Gasteiger partial charge in [0.2, 0.25) is 0 Å². The van der Waals surface area contributed by atoms with Gasteiger partial charge < -0.3 is 9.47 Å². The second-order valence-corrected chi connectivity index (χ2v) is 5.67. The summed E-state index contributed by atoms with van der Waals surface area (Å²) in [6, 6.07) is 4.76. The Hall–Kier alpha value is -1.81. The van der Waals surface area contributed by atoms with E-state index in [0.29, 0.717) is 5.75 Å². The van der Waals surface area contributed by atoms with Crippen molar-refractivity contribution in [2.45, 2.75) is 6.18 Å². The summed E-state index contributed by atoms with van der Waals surface area (Å²) in [6.45, 7) is -0.220. The van der Waals surface area contributed by atoms with Gasteiger partial charge in [0.25, 0.3) is 0 Å². The zero-order valence-corrected chi connectivity index (χ0v) is 12.6. The van der Waals surface area contributed by atoms with Gasteiger partial charge in [-0.25, -0.2) is 0 Å². The smallest absolute Gasteiger partial charge is 0.437 e. The fourth-order valence-electron chi connectivity index (χ4n) is 1.33. The standard InChI is InChI=1S/C12H14F3NO5S/c1-19-7-8-22(17,18)21-16-11(12(13,14)15)9-3-5-10(20-2)6-4-9/h3-6H,7-8H2,1-2H3/b16-11-. The Morgan fingerprint density at radius 2 is 1.77 bits per heavy atom. The van der Waals surface area contributed by atoms with Crippen LogP contribution >= 0.6 is 0 Å². The van der Waals surface area contributed by atoms with E-state index in [-0.39, 0.29) is 12.2 Å². The van der Waals surface area contributed by atoms with Gasteiger partial charge in [0.05, 0.1) is 13.7 Å². The molecule has 1 aromatic rings. The van der Waals surface area contributed by atoms with Crippen LogP contribution in [0, 0.1) is 0 Å². The van der Waals surface area contributed by atoms with Gasteiger partial charge in [-0.1, -0.05) is 5.16 Å². The lowest BCUT2D eigenvalue weighted by molar-refractivity contribution is -0.0597. The monoisotopic (exact) mass is 341 g/mol. The molecule has 0 aromatic heterocycles. The van der Waals surface area contributed by atoms with E-state index in [9.17, 15) is 21.6 Å². The zero-order valence-electron chi connectivity index (χ0n) is 11.8. The van der Waals surface area contributed by atoms with Crippen molar-refractivity contribution >= 4 is 15.8 Å². The van der Waals surface area contributed by atoms with Gasteiger partial charge in [0.15, 0.2) is 5.71 Å². The number of benzene rings is 1. The molecular formula is C12H14F3NO5S. The fourth-order valence-corrected chi connectivity index (χ4v) is 1.97. The maximum atomic E-state index is 13.0. The van der Waals surface area contributed by atoms with E-state index >= 15 is 0 Å². The Morgan fingerprint density at radius 3 is 2.23 bits per heavy atom. The van der Waals surface area contributed by atoms with Gasteiger partial charge in [-0.05, 0) is 24.3 Å². The molecule has 1 aromatic carbocycles. The normalized spacial score (nSPS) is 13.0. The molecule has 22 heavy (non-hydrogen) atoms. The van der Waals surface area contributed by atoms with Crippen molar-refractivity contribution in [1.29, 1.82) is 0 Å². The van der Waals surface area contributed by atoms with Crippen LogP contribution in [0.3, 0.4) is 0 Å². The average molecular weight is 341 g/mol. The Kier molecular flexibility index (Phi) is 6.18. The molecule has 0 spiro atoms. The molecule has 0 aliphatic carbocycles. The largest absolute Gasteiger partial charge is 0.497 e. The van der Waals surface area contributed by atoms with E-state index in [4.69, 9.17) is 4.74 Å². The van der Waals surface area contributed by atoms with Crippen LogP contribution < -0.4 is 4.74 Å². The van der Waals surface area contributed by atoms with Gasteiger partial charge >= 0.3 is 16.3 Å². The number of hydrogen-bond donors (Lipinski definition) is 0. The average Bonchev–Trinajstić information content (AvgIpc) is 2.44. The number of rotatable bonds is 7. The highest BCUT2D eigenvalue weighted by Crippen LogP contribution is 2.24. The molecule has 0 heterocycles. The summed E-state index contributed by atoms with van der Waals surface area (Å²) in [6.07, 6.45) is -4.88. The van der Waals surface area contributed by atoms with Crippen molar-refractivity contribution in [3.05, 3.63) is 29.8 Å². The molecule has 0 bridgehead atoms. The van der Waals surface area contributed by atoms with E-state index in [1.165, 1.54) is 26.4 Å². The molecule has 0 unspecified atom stereocenters. The second kappa shape index (κ2) is 7.45. The van der Waals surface area contributed by atoms with Crippen LogP contribution in [0.1, 0.15) is 5.56 Å². The first-order chi connectivity index (χ1) is 10.2. The maximum absolute atomic E-state index is 13.0. The Morgan fingerprint density at radius 1 is 1.18 bits per heavy atom. The molecule has 10 heteroatoms. The first-order valence-corrected chi connectivity index (χ1v) is 7.47. The van der Waals surface area contributed by atoms with E-state index < -0.39 is 27.8 Å². The van der Waals surface area contributed by atoms with Crippen molar-refractivity contribution in [1.82, 2.24) is 0 Å². The number of ether oxygens (including phenoxy) is 2. The van der Waals surface area contributed by atoms with Crippen LogP contribution in [0.2, 0.25) is 0 Å². The Balaban J connectivity index is 3.05. The lowest BCUT2D eigenvalue weighted by Gasteiger charge is -2.10. The van der Waals surface area contributed by atoms with Crippen LogP contribution in [0.25, 0.3) is 0 Å². The molecule has 0 saturated carbocycles. The van der Waals surface area contributed by atoms with Gasteiger partial charge in [0.1, 0.15) is 11.5 Å². The molecule has 0 aliphatic heterocycles. The second-order valence-electron chi connectivity index (χ2n) is 4.00. The molecule has 6 nitrogen and oxygen atoms in total. The Labute approximate surface area is 125 Å². The van der Waals surface area contributed by atoms with Gasteiger partial charge in [-0.15, -0.1) is 0 Å². The molecule has 0 atom stereocenters. The van der Waals surface area contributed by atoms with Crippen LogP contribution in [-0.4, -0.2) is 46.9 Å². The predicted molar refractivity (Wildman–Crippen MR) is 72.3 cm³/mol. The van der Waals surface area contributed by atoms with Crippen LogP contribution in [0.5, 0.6) is 5.75 Å². The topological polar surface area (TPSA) is 74.2 Å².